The number of aromatic nitrogens is 3. The maximum absolute atomic E-state index is 10.4. The molecule has 6 nitrogen and oxygen atoms in total. The Morgan fingerprint density at radius 3 is 2.73 bits per heavy atom. The van der Waals surface area contributed by atoms with Gasteiger partial charge in [0.15, 0.2) is 0 Å². The van der Waals surface area contributed by atoms with E-state index in [4.69, 9.17) is 7.85 Å². The molecule has 0 saturated heterocycles. The van der Waals surface area contributed by atoms with Crippen molar-refractivity contribution < 1.29 is 5.11 Å². The molecular weight excluding hydrogens is 325 g/mol. The fourth-order valence-corrected chi connectivity index (χ4v) is 3.02. The van der Waals surface area contributed by atoms with Gasteiger partial charge in [0.25, 0.3) is 0 Å². The molecule has 0 aliphatic carbocycles. The van der Waals surface area contributed by atoms with Crippen molar-refractivity contribution in [2.75, 3.05) is 5.32 Å². The third kappa shape index (κ3) is 3.84. The molecule has 26 heavy (non-hydrogen) atoms. The molecular formula is C19H24BN5O. The molecule has 2 aromatic heterocycles. The number of benzene rings is 1. The standard InChI is InChI=1S/C19H24BN5O/c1-12-7-4-5-9-15(12)13(2)22-18-16(20)17(23-24-18)19(26)21-11-14-8-6-10-25(14)3/h4-10,13,19,21,26H,11H2,1-3H3,(H2,22,23,24). The molecule has 7 heteroatoms. The molecule has 1 aromatic carbocycles. The molecule has 2 unspecified atom stereocenters. The summed E-state index contributed by atoms with van der Waals surface area (Å²) in [5.74, 6) is 0.537. The fraction of sp³-hybridized carbons (Fsp3) is 0.316. The van der Waals surface area contributed by atoms with Gasteiger partial charge in [0, 0.05) is 25.5 Å². The number of anilines is 1. The minimum atomic E-state index is -0.929. The Kier molecular flexibility index (Phi) is 5.49. The number of aliphatic hydroxyl groups is 1. The van der Waals surface area contributed by atoms with Crippen molar-refractivity contribution in [3.8, 4) is 0 Å². The molecule has 3 aromatic rings. The Morgan fingerprint density at radius 2 is 2.04 bits per heavy atom. The van der Waals surface area contributed by atoms with Crippen LogP contribution in [0.1, 0.15) is 41.7 Å². The molecule has 0 bridgehead atoms. The van der Waals surface area contributed by atoms with Crippen LogP contribution in [0.15, 0.2) is 42.6 Å². The Bertz CT molecular complexity index is 872. The van der Waals surface area contributed by atoms with Crippen LogP contribution in [-0.2, 0) is 13.6 Å². The molecule has 2 heterocycles. The quantitative estimate of drug-likeness (QED) is 0.388. The normalized spacial score (nSPS) is 13.5. The van der Waals surface area contributed by atoms with Gasteiger partial charge in [-0.3, -0.25) is 10.4 Å². The van der Waals surface area contributed by atoms with Crippen LogP contribution in [-0.4, -0.2) is 27.7 Å². The van der Waals surface area contributed by atoms with Crippen molar-refractivity contribution in [2.24, 2.45) is 7.05 Å². The molecule has 2 radical (unpaired) electrons. The van der Waals surface area contributed by atoms with E-state index in [1.807, 2.05) is 42.1 Å². The monoisotopic (exact) mass is 349 g/mol. The lowest BCUT2D eigenvalue weighted by atomic mass is 9.94. The number of nitrogens with one attached hydrogen (secondary N) is 3. The molecule has 0 aliphatic heterocycles. The van der Waals surface area contributed by atoms with Gasteiger partial charge in [-0.2, -0.15) is 5.10 Å². The molecule has 2 atom stereocenters. The number of nitrogens with zero attached hydrogens (tertiary/aromatic N) is 2. The van der Waals surface area contributed by atoms with E-state index in [-0.39, 0.29) is 6.04 Å². The van der Waals surface area contributed by atoms with Gasteiger partial charge in [0.05, 0.1) is 11.7 Å². The number of H-pyrrole nitrogens is 1. The Labute approximate surface area is 155 Å². The maximum Gasteiger partial charge on any atom is 0.147 e. The minimum Gasteiger partial charge on any atom is -0.373 e. The lowest BCUT2D eigenvalue weighted by Crippen LogP contribution is -2.27. The highest BCUT2D eigenvalue weighted by molar-refractivity contribution is 6.36. The number of aromatic amines is 1. The van der Waals surface area contributed by atoms with E-state index in [0.717, 1.165) is 5.69 Å². The first kappa shape index (κ1) is 18.3. The Hall–Kier alpha value is -2.51. The largest absolute Gasteiger partial charge is 0.373 e. The first-order valence-electron chi connectivity index (χ1n) is 8.64. The topological polar surface area (TPSA) is 77.9 Å². The summed E-state index contributed by atoms with van der Waals surface area (Å²) in [6.45, 7) is 4.65. The molecule has 134 valence electrons. The summed E-state index contributed by atoms with van der Waals surface area (Å²) in [7, 11) is 8.15. The summed E-state index contributed by atoms with van der Waals surface area (Å²) in [6, 6.07) is 12.2. The first-order chi connectivity index (χ1) is 12.5. The summed E-state index contributed by atoms with van der Waals surface area (Å²) in [6.07, 6.45) is 1.03. The lowest BCUT2D eigenvalue weighted by Gasteiger charge is -2.17. The lowest BCUT2D eigenvalue weighted by molar-refractivity contribution is 0.132. The summed E-state index contributed by atoms with van der Waals surface area (Å²) < 4.78 is 1.99. The van der Waals surface area contributed by atoms with E-state index in [0.29, 0.717) is 23.5 Å². The van der Waals surface area contributed by atoms with Crippen LogP contribution in [0.2, 0.25) is 0 Å². The van der Waals surface area contributed by atoms with E-state index in [1.165, 1.54) is 11.1 Å². The third-order valence-corrected chi connectivity index (χ3v) is 4.64. The van der Waals surface area contributed by atoms with Gasteiger partial charge in [0.2, 0.25) is 0 Å². The Morgan fingerprint density at radius 1 is 1.27 bits per heavy atom. The highest BCUT2D eigenvalue weighted by Gasteiger charge is 2.18. The zero-order valence-electron chi connectivity index (χ0n) is 15.3. The van der Waals surface area contributed by atoms with Crippen LogP contribution in [0.4, 0.5) is 5.82 Å². The molecule has 4 N–H and O–H groups in total. The number of hydrogen-bond acceptors (Lipinski definition) is 4. The van der Waals surface area contributed by atoms with Gasteiger partial charge in [-0.15, -0.1) is 0 Å². The molecule has 0 amide bonds. The predicted octanol–water partition coefficient (Wildman–Crippen LogP) is 1.80. The smallest absolute Gasteiger partial charge is 0.147 e. The van der Waals surface area contributed by atoms with E-state index in [2.05, 4.69) is 46.8 Å². The molecule has 0 spiro atoms. The highest BCUT2D eigenvalue weighted by Crippen LogP contribution is 2.21. The maximum atomic E-state index is 10.4. The second-order valence-corrected chi connectivity index (χ2v) is 6.52. The van der Waals surface area contributed by atoms with Crippen LogP contribution in [0.3, 0.4) is 0 Å². The van der Waals surface area contributed by atoms with Crippen molar-refractivity contribution in [2.45, 2.75) is 32.7 Å². The van der Waals surface area contributed by atoms with Gasteiger partial charge < -0.3 is 15.0 Å². The van der Waals surface area contributed by atoms with Crippen molar-refractivity contribution in [1.82, 2.24) is 20.1 Å². The van der Waals surface area contributed by atoms with E-state index in [1.54, 1.807) is 0 Å². The summed E-state index contributed by atoms with van der Waals surface area (Å²) >= 11 is 0. The van der Waals surface area contributed by atoms with Crippen molar-refractivity contribution in [1.29, 1.82) is 0 Å². The minimum absolute atomic E-state index is 0.0446. The van der Waals surface area contributed by atoms with Crippen molar-refractivity contribution in [3.63, 3.8) is 0 Å². The fourth-order valence-electron chi connectivity index (χ4n) is 3.02. The molecule has 3 rings (SSSR count). The van der Waals surface area contributed by atoms with Crippen molar-refractivity contribution >= 4 is 19.1 Å². The number of aliphatic hydroxyl groups excluding tert-OH is 1. The number of rotatable bonds is 7. The number of aryl methyl sites for hydroxylation is 2. The van der Waals surface area contributed by atoms with Crippen LogP contribution in [0.5, 0.6) is 0 Å². The Balaban J connectivity index is 1.67. The average Bonchev–Trinajstić information content (AvgIpc) is 3.19. The summed E-state index contributed by atoms with van der Waals surface area (Å²) in [5, 5.41) is 23.8. The highest BCUT2D eigenvalue weighted by atomic mass is 16.3. The van der Waals surface area contributed by atoms with Crippen LogP contribution in [0.25, 0.3) is 0 Å². The first-order valence-corrected chi connectivity index (χ1v) is 8.64. The van der Waals surface area contributed by atoms with Gasteiger partial charge in [0.1, 0.15) is 19.9 Å². The zero-order valence-corrected chi connectivity index (χ0v) is 15.3. The molecule has 0 aliphatic rings. The van der Waals surface area contributed by atoms with E-state index in [9.17, 15) is 5.11 Å². The second kappa shape index (κ2) is 7.80. The number of hydrogen-bond donors (Lipinski definition) is 4. The zero-order chi connectivity index (χ0) is 18.7. The van der Waals surface area contributed by atoms with Gasteiger partial charge in [-0.25, -0.2) is 0 Å². The van der Waals surface area contributed by atoms with Crippen LogP contribution >= 0.6 is 0 Å². The van der Waals surface area contributed by atoms with E-state index < -0.39 is 6.23 Å². The SMILES string of the molecule is [B]c1c(NC(C)c2ccccc2C)n[nH]c1C(O)NCc1cccn1C. The van der Waals surface area contributed by atoms with Crippen LogP contribution < -0.4 is 16.1 Å². The second-order valence-electron chi connectivity index (χ2n) is 6.52. The third-order valence-electron chi connectivity index (χ3n) is 4.64. The van der Waals surface area contributed by atoms with Crippen molar-refractivity contribution in [3.05, 3.63) is 65.1 Å². The average molecular weight is 349 g/mol. The van der Waals surface area contributed by atoms with Crippen LogP contribution in [0, 0.1) is 6.92 Å². The summed E-state index contributed by atoms with van der Waals surface area (Å²) in [4.78, 5) is 0. The van der Waals surface area contributed by atoms with Gasteiger partial charge in [-0.05, 0) is 42.6 Å². The molecule has 0 saturated carbocycles. The summed E-state index contributed by atoms with van der Waals surface area (Å²) in [5.41, 5.74) is 4.31. The molecule has 0 fully saturated rings. The van der Waals surface area contributed by atoms with Gasteiger partial charge >= 0.3 is 0 Å². The van der Waals surface area contributed by atoms with Gasteiger partial charge in [-0.1, -0.05) is 24.3 Å². The van der Waals surface area contributed by atoms with E-state index >= 15 is 0 Å². The predicted molar refractivity (Wildman–Crippen MR) is 104 cm³/mol.